The fourth-order valence-electron chi connectivity index (χ4n) is 1.01. The Morgan fingerprint density at radius 1 is 1.53 bits per heavy atom. The highest BCUT2D eigenvalue weighted by Crippen LogP contribution is 2.11. The van der Waals surface area contributed by atoms with Gasteiger partial charge in [-0.05, 0) is 6.42 Å². The Hall–Kier alpha value is -0.590. The molecule has 0 amide bonds. The van der Waals surface area contributed by atoms with Crippen LogP contribution in [0.25, 0.3) is 0 Å². The predicted molar refractivity (Wildman–Crippen MR) is 57.5 cm³/mol. The molecule has 86 valence electrons. The minimum atomic E-state index is -0.673. The Morgan fingerprint density at radius 3 is 3.00 bits per heavy atom. The first-order chi connectivity index (χ1) is 7.26. The Labute approximate surface area is 92.9 Å². The molecule has 1 atom stereocenters. The first-order valence-electron chi connectivity index (χ1n) is 4.94. The van der Waals surface area contributed by atoms with Crippen LogP contribution >= 0.6 is 11.8 Å². The van der Waals surface area contributed by atoms with Crippen LogP contribution in [0.2, 0.25) is 0 Å². The quantitative estimate of drug-likeness (QED) is 0.717. The van der Waals surface area contributed by atoms with E-state index in [0.29, 0.717) is 17.4 Å². The molecule has 0 aliphatic rings. The predicted octanol–water partition coefficient (Wildman–Crippen LogP) is 0.608. The second-order valence-corrected chi connectivity index (χ2v) is 4.24. The van der Waals surface area contributed by atoms with Crippen LogP contribution in [-0.4, -0.2) is 38.8 Å². The average molecular weight is 232 g/mol. The van der Waals surface area contributed by atoms with Gasteiger partial charge in [-0.15, -0.1) is 11.8 Å². The number of hydrogen-bond donors (Lipinski definition) is 2. The molecule has 0 spiro atoms. The van der Waals surface area contributed by atoms with Gasteiger partial charge in [0, 0.05) is 12.2 Å². The van der Waals surface area contributed by atoms with Crippen molar-refractivity contribution in [1.82, 2.24) is 10.1 Å². The number of nitrogens with zero attached hydrogens (tertiary/aromatic N) is 2. The first-order valence-corrected chi connectivity index (χ1v) is 6.09. The van der Waals surface area contributed by atoms with E-state index in [1.165, 1.54) is 11.8 Å². The maximum atomic E-state index is 9.09. The van der Waals surface area contributed by atoms with E-state index in [-0.39, 0.29) is 6.61 Å². The smallest absolute Gasteiger partial charge is 0.236 e. The second kappa shape index (κ2) is 6.81. The van der Waals surface area contributed by atoms with Gasteiger partial charge in [0.1, 0.15) is 0 Å². The molecule has 2 N–H and O–H groups in total. The Morgan fingerprint density at radius 2 is 2.33 bits per heavy atom. The Kier molecular flexibility index (Phi) is 5.67. The van der Waals surface area contributed by atoms with Gasteiger partial charge in [0.05, 0.1) is 18.5 Å². The van der Waals surface area contributed by atoms with E-state index in [4.69, 9.17) is 14.7 Å². The summed E-state index contributed by atoms with van der Waals surface area (Å²) in [6.45, 7) is 1.85. The summed E-state index contributed by atoms with van der Waals surface area (Å²) in [6, 6.07) is 0. The monoisotopic (exact) mass is 232 g/mol. The van der Waals surface area contributed by atoms with Gasteiger partial charge in [0.15, 0.2) is 5.82 Å². The Bertz CT molecular complexity index is 280. The van der Waals surface area contributed by atoms with E-state index < -0.39 is 6.10 Å². The fraction of sp³-hybridized carbons (Fsp3) is 0.778. The van der Waals surface area contributed by atoms with Crippen LogP contribution in [0.4, 0.5) is 0 Å². The van der Waals surface area contributed by atoms with Crippen LogP contribution in [0.3, 0.4) is 0 Å². The number of thioether (sulfide) groups is 1. The summed E-state index contributed by atoms with van der Waals surface area (Å²) in [5, 5.41) is 21.5. The van der Waals surface area contributed by atoms with Crippen LogP contribution in [0, 0.1) is 0 Å². The average Bonchev–Trinajstić information content (AvgIpc) is 2.66. The van der Waals surface area contributed by atoms with Crippen molar-refractivity contribution in [3.8, 4) is 0 Å². The van der Waals surface area contributed by atoms with Crippen molar-refractivity contribution >= 4 is 11.8 Å². The first kappa shape index (κ1) is 12.5. The van der Waals surface area contributed by atoms with E-state index in [0.717, 1.165) is 18.7 Å². The van der Waals surface area contributed by atoms with Gasteiger partial charge in [0.25, 0.3) is 0 Å². The molecule has 1 aromatic heterocycles. The molecule has 6 heteroatoms. The van der Waals surface area contributed by atoms with Crippen LogP contribution < -0.4 is 0 Å². The third kappa shape index (κ3) is 4.63. The van der Waals surface area contributed by atoms with E-state index in [9.17, 15) is 0 Å². The van der Waals surface area contributed by atoms with E-state index in [2.05, 4.69) is 17.1 Å². The van der Waals surface area contributed by atoms with Gasteiger partial charge in [-0.2, -0.15) is 4.98 Å². The standard InChI is InChI=1S/C9H16N2O3S/c1-2-3-8-10-9(14-11-8)6-15-5-7(13)4-12/h7,12-13H,2-6H2,1H3. The summed E-state index contributed by atoms with van der Waals surface area (Å²) in [5.74, 6) is 2.36. The molecule has 1 unspecified atom stereocenters. The third-order valence-corrected chi connectivity index (χ3v) is 2.80. The van der Waals surface area contributed by atoms with Gasteiger partial charge >= 0.3 is 0 Å². The zero-order chi connectivity index (χ0) is 11.1. The van der Waals surface area contributed by atoms with Gasteiger partial charge in [-0.1, -0.05) is 12.1 Å². The number of aromatic nitrogens is 2. The summed E-state index contributed by atoms with van der Waals surface area (Å²) in [4.78, 5) is 4.18. The minimum Gasteiger partial charge on any atom is -0.394 e. The maximum absolute atomic E-state index is 9.09. The zero-order valence-corrected chi connectivity index (χ0v) is 9.53. The molecule has 0 aliphatic carbocycles. The molecular formula is C9H16N2O3S. The van der Waals surface area contributed by atoms with Crippen LogP contribution in [0.5, 0.6) is 0 Å². The highest BCUT2D eigenvalue weighted by Gasteiger charge is 2.07. The molecule has 1 heterocycles. The molecule has 0 aliphatic heterocycles. The van der Waals surface area contributed by atoms with Crippen molar-refractivity contribution in [2.45, 2.75) is 31.6 Å². The van der Waals surface area contributed by atoms with Crippen molar-refractivity contribution < 1.29 is 14.7 Å². The number of aliphatic hydroxyl groups is 2. The topological polar surface area (TPSA) is 79.4 Å². The number of rotatable bonds is 7. The molecular weight excluding hydrogens is 216 g/mol. The second-order valence-electron chi connectivity index (χ2n) is 3.21. The largest absolute Gasteiger partial charge is 0.394 e. The lowest BCUT2D eigenvalue weighted by molar-refractivity contribution is 0.113. The maximum Gasteiger partial charge on any atom is 0.236 e. The highest BCUT2D eigenvalue weighted by atomic mass is 32.2. The van der Waals surface area contributed by atoms with Crippen molar-refractivity contribution in [3.63, 3.8) is 0 Å². The normalized spacial score (nSPS) is 13.0. The lowest BCUT2D eigenvalue weighted by Crippen LogP contribution is -2.14. The van der Waals surface area contributed by atoms with Crippen molar-refractivity contribution in [2.75, 3.05) is 12.4 Å². The van der Waals surface area contributed by atoms with Crippen molar-refractivity contribution in [3.05, 3.63) is 11.7 Å². The summed E-state index contributed by atoms with van der Waals surface area (Å²) >= 11 is 1.46. The van der Waals surface area contributed by atoms with Gasteiger partial charge in [-0.3, -0.25) is 0 Å². The third-order valence-electron chi connectivity index (χ3n) is 1.73. The molecule has 0 saturated carbocycles. The van der Waals surface area contributed by atoms with Gasteiger partial charge in [-0.25, -0.2) is 0 Å². The van der Waals surface area contributed by atoms with E-state index >= 15 is 0 Å². The number of hydrogen-bond acceptors (Lipinski definition) is 6. The van der Waals surface area contributed by atoms with E-state index in [1.54, 1.807) is 0 Å². The van der Waals surface area contributed by atoms with E-state index in [1.807, 2.05) is 0 Å². The summed E-state index contributed by atoms with van der Waals surface area (Å²) in [5.41, 5.74) is 0. The van der Waals surface area contributed by atoms with Crippen molar-refractivity contribution in [2.24, 2.45) is 0 Å². The molecule has 0 radical (unpaired) electrons. The van der Waals surface area contributed by atoms with Crippen LogP contribution in [0.1, 0.15) is 25.1 Å². The molecule has 0 saturated heterocycles. The molecule has 5 nitrogen and oxygen atoms in total. The lowest BCUT2D eigenvalue weighted by Gasteiger charge is -2.03. The van der Waals surface area contributed by atoms with Crippen molar-refractivity contribution in [1.29, 1.82) is 0 Å². The number of aliphatic hydroxyl groups excluding tert-OH is 2. The van der Waals surface area contributed by atoms with Gasteiger partial charge < -0.3 is 14.7 Å². The summed E-state index contributed by atoms with van der Waals surface area (Å²) in [7, 11) is 0. The minimum absolute atomic E-state index is 0.210. The van der Waals surface area contributed by atoms with Gasteiger partial charge in [0.2, 0.25) is 5.89 Å². The molecule has 1 rings (SSSR count). The van der Waals surface area contributed by atoms with Crippen LogP contribution in [-0.2, 0) is 12.2 Å². The molecule has 0 fully saturated rings. The molecule has 1 aromatic rings. The summed E-state index contributed by atoms with van der Waals surface area (Å²) in [6.07, 6.45) is 1.15. The fourth-order valence-corrected chi connectivity index (χ4v) is 1.80. The molecule has 0 aromatic carbocycles. The number of aryl methyl sites for hydroxylation is 1. The molecule has 15 heavy (non-hydrogen) atoms. The zero-order valence-electron chi connectivity index (χ0n) is 8.72. The highest BCUT2D eigenvalue weighted by molar-refractivity contribution is 7.98. The molecule has 0 bridgehead atoms. The SMILES string of the molecule is CCCc1noc(CSCC(O)CO)n1. The summed E-state index contributed by atoms with van der Waals surface area (Å²) < 4.78 is 5.01. The van der Waals surface area contributed by atoms with Crippen LogP contribution in [0.15, 0.2) is 4.52 Å². The Balaban J connectivity index is 2.25. The lowest BCUT2D eigenvalue weighted by atomic mass is 10.3.